The van der Waals surface area contributed by atoms with Crippen LogP contribution in [0, 0.1) is 18.3 Å². The number of aliphatic carboxylic acids is 1. The highest BCUT2D eigenvalue weighted by atomic mass is 16.4. The highest BCUT2D eigenvalue weighted by Crippen LogP contribution is 2.16. The highest BCUT2D eigenvalue weighted by Gasteiger charge is 2.29. The predicted molar refractivity (Wildman–Crippen MR) is 66.9 cm³/mol. The summed E-state index contributed by atoms with van der Waals surface area (Å²) in [5.74, 6) is 0.180. The van der Waals surface area contributed by atoms with Crippen LogP contribution in [0.25, 0.3) is 0 Å². The number of primary amides is 1. The van der Waals surface area contributed by atoms with E-state index in [0.29, 0.717) is 19.4 Å². The molecule has 1 saturated heterocycles. The van der Waals surface area contributed by atoms with Crippen molar-refractivity contribution in [3.8, 4) is 12.3 Å². The quantitative estimate of drug-likeness (QED) is 0.588. The fourth-order valence-electron chi connectivity index (χ4n) is 2.00. The van der Waals surface area contributed by atoms with Crippen LogP contribution in [0.3, 0.4) is 0 Å². The Hall–Kier alpha value is -2.23. The lowest BCUT2D eigenvalue weighted by Gasteiger charge is -2.31. The van der Waals surface area contributed by atoms with Crippen LogP contribution in [-0.2, 0) is 9.59 Å². The molecule has 104 valence electrons. The number of carboxylic acid groups (broad SMARTS) is 1. The second-order valence-corrected chi connectivity index (χ2v) is 4.43. The number of urea groups is 1. The number of likely N-dealkylation sites (tertiary alicyclic amines) is 1. The Balaban J connectivity index is 2.59. The van der Waals surface area contributed by atoms with Crippen molar-refractivity contribution in [2.24, 2.45) is 11.7 Å². The number of carbonyl (C=O) groups excluding carboxylic acids is 2. The average molecular weight is 267 g/mol. The molecule has 3 amide bonds. The fourth-order valence-corrected chi connectivity index (χ4v) is 2.00. The van der Waals surface area contributed by atoms with Gasteiger partial charge in [-0.15, -0.1) is 12.3 Å². The SMILES string of the molecule is C#CCC(NC(=O)C1CCCN(C(N)=O)C1)C(=O)O. The summed E-state index contributed by atoms with van der Waals surface area (Å²) in [7, 11) is 0. The Labute approximate surface area is 111 Å². The lowest BCUT2D eigenvalue weighted by atomic mass is 9.97. The first-order valence-electron chi connectivity index (χ1n) is 5.96. The minimum absolute atomic E-state index is 0.0761. The molecule has 1 aliphatic rings. The van der Waals surface area contributed by atoms with Gasteiger partial charge in [0.25, 0.3) is 0 Å². The van der Waals surface area contributed by atoms with Crippen LogP contribution in [-0.4, -0.2) is 47.0 Å². The van der Waals surface area contributed by atoms with E-state index < -0.39 is 29.9 Å². The van der Waals surface area contributed by atoms with Gasteiger partial charge in [0.05, 0.1) is 5.92 Å². The van der Waals surface area contributed by atoms with E-state index in [4.69, 9.17) is 17.3 Å². The summed E-state index contributed by atoms with van der Waals surface area (Å²) in [5.41, 5.74) is 5.16. The van der Waals surface area contributed by atoms with Gasteiger partial charge < -0.3 is 21.1 Å². The topological polar surface area (TPSA) is 113 Å². The number of rotatable bonds is 4. The smallest absolute Gasteiger partial charge is 0.327 e. The van der Waals surface area contributed by atoms with E-state index in [2.05, 4.69) is 11.2 Å². The molecule has 7 nitrogen and oxygen atoms in total. The van der Waals surface area contributed by atoms with E-state index >= 15 is 0 Å². The second kappa shape index (κ2) is 6.64. The third-order valence-electron chi connectivity index (χ3n) is 3.04. The molecule has 2 unspecified atom stereocenters. The number of terminal acetylenes is 1. The first-order valence-corrected chi connectivity index (χ1v) is 5.96. The molecule has 0 bridgehead atoms. The van der Waals surface area contributed by atoms with Gasteiger partial charge in [0, 0.05) is 19.5 Å². The van der Waals surface area contributed by atoms with E-state index in [1.807, 2.05) is 0 Å². The number of hydrogen-bond acceptors (Lipinski definition) is 3. The molecule has 1 rings (SSSR count). The number of carbonyl (C=O) groups is 3. The van der Waals surface area contributed by atoms with E-state index in [0.717, 1.165) is 0 Å². The lowest BCUT2D eigenvalue weighted by Crippen LogP contribution is -2.50. The molecular formula is C12H17N3O4. The number of piperidine rings is 1. The van der Waals surface area contributed by atoms with Gasteiger partial charge in [-0.3, -0.25) is 4.79 Å². The van der Waals surface area contributed by atoms with E-state index in [9.17, 15) is 14.4 Å². The average Bonchev–Trinajstić information content (AvgIpc) is 2.38. The van der Waals surface area contributed by atoms with Gasteiger partial charge in [-0.2, -0.15) is 0 Å². The van der Waals surface area contributed by atoms with E-state index in [1.165, 1.54) is 4.90 Å². The molecule has 0 saturated carbocycles. The Morgan fingerprint density at radius 1 is 1.53 bits per heavy atom. The van der Waals surface area contributed by atoms with E-state index in [-0.39, 0.29) is 13.0 Å². The third-order valence-corrected chi connectivity index (χ3v) is 3.04. The van der Waals surface area contributed by atoms with Gasteiger partial charge in [-0.1, -0.05) is 0 Å². The number of hydrogen-bond donors (Lipinski definition) is 3. The number of nitrogens with one attached hydrogen (secondary N) is 1. The van der Waals surface area contributed by atoms with Crippen LogP contribution in [0.2, 0.25) is 0 Å². The fraction of sp³-hybridized carbons (Fsp3) is 0.583. The highest BCUT2D eigenvalue weighted by molar-refractivity contribution is 5.85. The molecule has 0 aliphatic carbocycles. The first-order chi connectivity index (χ1) is 8.95. The van der Waals surface area contributed by atoms with Crippen LogP contribution < -0.4 is 11.1 Å². The number of carboxylic acids is 1. The molecule has 7 heteroatoms. The van der Waals surface area contributed by atoms with Crippen LogP contribution in [0.4, 0.5) is 4.79 Å². The van der Waals surface area contributed by atoms with E-state index in [1.54, 1.807) is 0 Å². The van der Waals surface area contributed by atoms with Crippen LogP contribution >= 0.6 is 0 Å². The van der Waals surface area contributed by atoms with Crippen molar-refractivity contribution < 1.29 is 19.5 Å². The van der Waals surface area contributed by atoms with Crippen molar-refractivity contribution in [2.45, 2.75) is 25.3 Å². The van der Waals surface area contributed by atoms with Crippen molar-refractivity contribution in [3.63, 3.8) is 0 Å². The largest absolute Gasteiger partial charge is 0.480 e. The lowest BCUT2D eigenvalue weighted by molar-refractivity contribution is -0.142. The van der Waals surface area contributed by atoms with Crippen molar-refractivity contribution in [1.29, 1.82) is 0 Å². The Morgan fingerprint density at radius 2 is 2.21 bits per heavy atom. The number of nitrogens with two attached hydrogens (primary N) is 1. The molecule has 2 atom stereocenters. The van der Waals surface area contributed by atoms with Gasteiger partial charge in [-0.05, 0) is 12.8 Å². The molecule has 1 heterocycles. The molecule has 1 fully saturated rings. The molecule has 0 aromatic rings. The summed E-state index contributed by atoms with van der Waals surface area (Å²) < 4.78 is 0. The zero-order valence-electron chi connectivity index (χ0n) is 10.5. The van der Waals surface area contributed by atoms with Crippen LogP contribution in [0.1, 0.15) is 19.3 Å². The van der Waals surface area contributed by atoms with Gasteiger partial charge >= 0.3 is 12.0 Å². The molecule has 1 aliphatic heterocycles. The third kappa shape index (κ3) is 4.17. The second-order valence-electron chi connectivity index (χ2n) is 4.43. The number of nitrogens with zero attached hydrogens (tertiary/aromatic N) is 1. The van der Waals surface area contributed by atoms with Gasteiger partial charge in [-0.25, -0.2) is 9.59 Å². The standard InChI is InChI=1S/C12H17N3O4/c1-2-4-9(11(17)18)14-10(16)8-5-3-6-15(7-8)12(13)19/h1,8-9H,3-7H2,(H2,13,19)(H,14,16)(H,17,18). The van der Waals surface area contributed by atoms with Crippen LogP contribution in [0.5, 0.6) is 0 Å². The zero-order chi connectivity index (χ0) is 14.4. The van der Waals surface area contributed by atoms with Crippen LogP contribution in [0.15, 0.2) is 0 Å². The van der Waals surface area contributed by atoms with Gasteiger partial charge in [0.15, 0.2) is 0 Å². The summed E-state index contributed by atoms with van der Waals surface area (Å²) in [6.45, 7) is 0.732. The molecule has 4 N–H and O–H groups in total. The first kappa shape index (κ1) is 14.8. The Kier molecular flexibility index (Phi) is 5.18. The zero-order valence-corrected chi connectivity index (χ0v) is 10.5. The molecule has 0 aromatic heterocycles. The van der Waals surface area contributed by atoms with Gasteiger partial charge in [0.2, 0.25) is 5.91 Å². The van der Waals surface area contributed by atoms with Gasteiger partial charge in [0.1, 0.15) is 6.04 Å². The van der Waals surface area contributed by atoms with Crippen molar-refractivity contribution in [3.05, 3.63) is 0 Å². The maximum atomic E-state index is 11.9. The molecule has 0 radical (unpaired) electrons. The number of amides is 3. The van der Waals surface area contributed by atoms with Crippen molar-refractivity contribution in [1.82, 2.24) is 10.2 Å². The Bertz CT molecular complexity index is 416. The Morgan fingerprint density at radius 3 is 2.74 bits per heavy atom. The van der Waals surface area contributed by atoms with Crippen molar-refractivity contribution >= 4 is 17.9 Å². The summed E-state index contributed by atoms with van der Waals surface area (Å²) in [5, 5.41) is 11.3. The summed E-state index contributed by atoms with van der Waals surface area (Å²) in [6.07, 6.45) is 6.23. The monoisotopic (exact) mass is 267 g/mol. The minimum Gasteiger partial charge on any atom is -0.480 e. The normalized spacial score (nSPS) is 20.2. The summed E-state index contributed by atoms with van der Waals surface area (Å²) >= 11 is 0. The molecule has 0 aromatic carbocycles. The summed E-state index contributed by atoms with van der Waals surface area (Å²) in [6, 6.07) is -1.67. The molecule has 0 spiro atoms. The summed E-state index contributed by atoms with van der Waals surface area (Å²) in [4.78, 5) is 35.3. The van der Waals surface area contributed by atoms with Crippen molar-refractivity contribution in [2.75, 3.05) is 13.1 Å². The minimum atomic E-state index is -1.17. The maximum Gasteiger partial charge on any atom is 0.327 e. The predicted octanol–water partition coefficient (Wildman–Crippen LogP) is -0.630. The maximum absolute atomic E-state index is 11.9. The molecule has 19 heavy (non-hydrogen) atoms. The molecular weight excluding hydrogens is 250 g/mol.